The van der Waals surface area contributed by atoms with Crippen molar-refractivity contribution in [3.8, 4) is 5.75 Å². The fourth-order valence-corrected chi connectivity index (χ4v) is 1.87. The molecule has 0 spiro atoms. The molecule has 2 N–H and O–H groups in total. The van der Waals surface area contributed by atoms with Crippen LogP contribution in [0.3, 0.4) is 0 Å². The van der Waals surface area contributed by atoms with Gasteiger partial charge >= 0.3 is 0 Å². The second-order valence-corrected chi connectivity index (χ2v) is 5.01. The van der Waals surface area contributed by atoms with Crippen LogP contribution in [0.25, 0.3) is 0 Å². The van der Waals surface area contributed by atoms with Crippen molar-refractivity contribution in [3.63, 3.8) is 0 Å². The second kappa shape index (κ2) is 6.02. The molecule has 0 aliphatic heterocycles. The van der Waals surface area contributed by atoms with Crippen LogP contribution in [0, 0.1) is 3.57 Å². The van der Waals surface area contributed by atoms with Gasteiger partial charge < -0.3 is 10.5 Å². The normalized spacial score (nSPS) is 10.2. The second-order valence-electron chi connectivity index (χ2n) is 3.77. The van der Waals surface area contributed by atoms with Gasteiger partial charge in [0, 0.05) is 10.1 Å². The van der Waals surface area contributed by atoms with E-state index in [1.807, 2.05) is 24.3 Å². The lowest BCUT2D eigenvalue weighted by Gasteiger charge is -2.07. The lowest BCUT2D eigenvalue weighted by Crippen LogP contribution is -1.98. The highest BCUT2D eigenvalue weighted by molar-refractivity contribution is 14.1. The first kappa shape index (κ1) is 12.4. The van der Waals surface area contributed by atoms with E-state index in [0.717, 1.165) is 11.3 Å². The summed E-state index contributed by atoms with van der Waals surface area (Å²) in [6.45, 7) is 1.13. The molecule has 2 nitrogen and oxygen atoms in total. The van der Waals surface area contributed by atoms with Crippen LogP contribution in [0.1, 0.15) is 11.1 Å². The Labute approximate surface area is 115 Å². The maximum Gasteiger partial charge on any atom is 0.120 e. The van der Waals surface area contributed by atoms with E-state index in [-0.39, 0.29) is 0 Å². The van der Waals surface area contributed by atoms with E-state index >= 15 is 0 Å². The average Bonchev–Trinajstić information content (AvgIpc) is 2.38. The molecule has 2 aromatic rings. The summed E-state index contributed by atoms with van der Waals surface area (Å²) in [4.78, 5) is 0. The predicted octanol–water partition coefficient (Wildman–Crippen LogP) is 3.33. The van der Waals surface area contributed by atoms with Crippen molar-refractivity contribution in [2.24, 2.45) is 5.73 Å². The fourth-order valence-electron chi connectivity index (χ4n) is 1.51. The van der Waals surface area contributed by atoms with Gasteiger partial charge in [-0.1, -0.05) is 24.3 Å². The van der Waals surface area contributed by atoms with E-state index in [0.29, 0.717) is 13.2 Å². The van der Waals surface area contributed by atoms with Crippen LogP contribution in [0.4, 0.5) is 0 Å². The maximum absolute atomic E-state index is 5.72. The largest absolute Gasteiger partial charge is 0.489 e. The first-order chi connectivity index (χ1) is 8.28. The highest BCUT2D eigenvalue weighted by Crippen LogP contribution is 2.15. The summed E-state index contributed by atoms with van der Waals surface area (Å²) < 4.78 is 6.95. The van der Waals surface area contributed by atoms with Crippen LogP contribution < -0.4 is 10.5 Å². The molecule has 0 aliphatic rings. The monoisotopic (exact) mass is 339 g/mol. The van der Waals surface area contributed by atoms with Crippen LogP contribution in [0.5, 0.6) is 5.75 Å². The van der Waals surface area contributed by atoms with Gasteiger partial charge in [0.05, 0.1) is 0 Å². The number of hydrogen-bond acceptors (Lipinski definition) is 2. The van der Waals surface area contributed by atoms with Crippen LogP contribution in [0.15, 0.2) is 48.5 Å². The van der Waals surface area contributed by atoms with Crippen LogP contribution in [-0.2, 0) is 13.2 Å². The summed E-state index contributed by atoms with van der Waals surface area (Å²) in [5, 5.41) is 0. The van der Waals surface area contributed by atoms with Crippen molar-refractivity contribution in [1.82, 2.24) is 0 Å². The first-order valence-electron chi connectivity index (χ1n) is 5.44. The summed E-state index contributed by atoms with van der Waals surface area (Å²) in [5.41, 5.74) is 7.84. The standard InChI is InChI=1S/C14H14INO/c15-13-6-4-11(5-7-13)10-17-14-3-1-2-12(8-14)9-16/h1-8H,9-10,16H2. The molecule has 0 heterocycles. The molecule has 0 aromatic heterocycles. The minimum atomic E-state index is 0.542. The number of benzene rings is 2. The zero-order chi connectivity index (χ0) is 12.1. The number of rotatable bonds is 4. The molecule has 0 radical (unpaired) electrons. The van der Waals surface area contributed by atoms with Gasteiger partial charge in [0.15, 0.2) is 0 Å². The number of ether oxygens (including phenoxy) is 1. The molecule has 17 heavy (non-hydrogen) atoms. The van der Waals surface area contributed by atoms with Crippen molar-refractivity contribution in [3.05, 3.63) is 63.2 Å². The van der Waals surface area contributed by atoms with E-state index in [4.69, 9.17) is 10.5 Å². The fraction of sp³-hybridized carbons (Fsp3) is 0.143. The Morgan fingerprint density at radius 1 is 1.00 bits per heavy atom. The third-order valence-electron chi connectivity index (χ3n) is 2.45. The van der Waals surface area contributed by atoms with Gasteiger partial charge in [-0.05, 0) is 58.0 Å². The summed E-state index contributed by atoms with van der Waals surface area (Å²) >= 11 is 2.29. The minimum absolute atomic E-state index is 0.542. The molecule has 3 heteroatoms. The molecule has 0 amide bonds. The molecule has 0 fully saturated rings. The molecule has 0 bridgehead atoms. The van der Waals surface area contributed by atoms with Crippen LogP contribution in [0.2, 0.25) is 0 Å². The summed E-state index contributed by atoms with van der Waals surface area (Å²) in [6, 6.07) is 16.2. The van der Waals surface area contributed by atoms with Crippen molar-refractivity contribution in [2.75, 3.05) is 0 Å². The van der Waals surface area contributed by atoms with Gasteiger partial charge in [-0.25, -0.2) is 0 Å². The van der Waals surface area contributed by atoms with Gasteiger partial charge in [-0.3, -0.25) is 0 Å². The topological polar surface area (TPSA) is 35.2 Å². The Morgan fingerprint density at radius 3 is 2.47 bits per heavy atom. The Morgan fingerprint density at radius 2 is 1.76 bits per heavy atom. The molecule has 0 aliphatic carbocycles. The zero-order valence-corrected chi connectivity index (χ0v) is 11.6. The highest BCUT2D eigenvalue weighted by atomic mass is 127. The smallest absolute Gasteiger partial charge is 0.120 e. The van der Waals surface area contributed by atoms with Crippen molar-refractivity contribution in [2.45, 2.75) is 13.2 Å². The number of halogens is 1. The summed E-state index contributed by atoms with van der Waals surface area (Å²) in [6.07, 6.45) is 0. The van der Waals surface area contributed by atoms with Crippen molar-refractivity contribution < 1.29 is 4.74 Å². The van der Waals surface area contributed by atoms with Crippen molar-refractivity contribution >= 4 is 22.6 Å². The molecule has 0 saturated heterocycles. The highest BCUT2D eigenvalue weighted by Gasteiger charge is 1.97. The zero-order valence-electron chi connectivity index (χ0n) is 9.40. The molecule has 2 rings (SSSR count). The molecular weight excluding hydrogens is 325 g/mol. The van der Waals surface area contributed by atoms with E-state index in [1.54, 1.807) is 0 Å². The third-order valence-corrected chi connectivity index (χ3v) is 3.17. The predicted molar refractivity (Wildman–Crippen MR) is 77.8 cm³/mol. The Balaban J connectivity index is 1.99. The van der Waals surface area contributed by atoms with Gasteiger partial charge in [0.25, 0.3) is 0 Å². The molecule has 88 valence electrons. The molecular formula is C14H14INO. The van der Waals surface area contributed by atoms with E-state index in [1.165, 1.54) is 9.13 Å². The number of nitrogens with two attached hydrogens (primary N) is 1. The average molecular weight is 339 g/mol. The van der Waals surface area contributed by atoms with E-state index in [2.05, 4.69) is 46.9 Å². The molecule has 2 aromatic carbocycles. The van der Waals surface area contributed by atoms with E-state index < -0.39 is 0 Å². The van der Waals surface area contributed by atoms with Crippen LogP contribution >= 0.6 is 22.6 Å². The Hall–Kier alpha value is -1.07. The Bertz CT molecular complexity index is 482. The molecule has 0 saturated carbocycles. The summed E-state index contributed by atoms with van der Waals surface area (Å²) in [7, 11) is 0. The van der Waals surface area contributed by atoms with E-state index in [9.17, 15) is 0 Å². The van der Waals surface area contributed by atoms with Gasteiger partial charge in [0.2, 0.25) is 0 Å². The quantitative estimate of drug-likeness (QED) is 0.868. The summed E-state index contributed by atoms with van der Waals surface area (Å²) in [5.74, 6) is 0.867. The van der Waals surface area contributed by atoms with Crippen LogP contribution in [-0.4, -0.2) is 0 Å². The third kappa shape index (κ3) is 3.71. The van der Waals surface area contributed by atoms with Gasteiger partial charge in [-0.2, -0.15) is 0 Å². The van der Waals surface area contributed by atoms with Gasteiger partial charge in [-0.15, -0.1) is 0 Å². The molecule has 0 atom stereocenters. The minimum Gasteiger partial charge on any atom is -0.489 e. The lowest BCUT2D eigenvalue weighted by atomic mass is 10.2. The Kier molecular flexibility index (Phi) is 4.39. The van der Waals surface area contributed by atoms with Gasteiger partial charge in [0.1, 0.15) is 12.4 Å². The first-order valence-corrected chi connectivity index (χ1v) is 6.52. The SMILES string of the molecule is NCc1cccc(OCc2ccc(I)cc2)c1. The molecule has 0 unspecified atom stereocenters. The van der Waals surface area contributed by atoms with Crippen molar-refractivity contribution in [1.29, 1.82) is 0 Å². The maximum atomic E-state index is 5.72. The lowest BCUT2D eigenvalue weighted by molar-refractivity contribution is 0.306. The number of hydrogen-bond donors (Lipinski definition) is 1.